The summed E-state index contributed by atoms with van der Waals surface area (Å²) in [7, 11) is 0. The molecular formula is C16H26OS. The number of aliphatic hydroxyl groups excluding tert-OH is 1. The van der Waals surface area contributed by atoms with Gasteiger partial charge in [-0.3, -0.25) is 0 Å². The molecule has 0 saturated heterocycles. The van der Waals surface area contributed by atoms with E-state index in [-0.39, 0.29) is 5.41 Å². The summed E-state index contributed by atoms with van der Waals surface area (Å²) in [6.45, 7) is 7.40. The zero-order valence-corrected chi connectivity index (χ0v) is 12.7. The molecule has 1 aromatic heterocycles. The molecule has 0 aromatic carbocycles. The normalized spacial score (nSPS) is 29.4. The molecule has 0 atom stereocenters. The lowest BCUT2D eigenvalue weighted by Gasteiger charge is -2.43. The first-order chi connectivity index (χ1) is 8.45. The molecule has 1 aliphatic rings. The zero-order chi connectivity index (χ0) is 13.2. The number of thiophene rings is 1. The predicted molar refractivity (Wildman–Crippen MR) is 79.0 cm³/mol. The molecule has 1 N–H and O–H groups in total. The Kier molecular flexibility index (Phi) is 4.18. The van der Waals surface area contributed by atoms with Gasteiger partial charge in [0, 0.05) is 11.5 Å². The molecule has 0 radical (unpaired) electrons. The van der Waals surface area contributed by atoms with Crippen LogP contribution in [0.5, 0.6) is 0 Å². The monoisotopic (exact) mass is 266 g/mol. The lowest BCUT2D eigenvalue weighted by Crippen LogP contribution is -2.36. The van der Waals surface area contributed by atoms with E-state index in [4.69, 9.17) is 0 Å². The summed E-state index contributed by atoms with van der Waals surface area (Å²) in [4.78, 5) is 1.43. The van der Waals surface area contributed by atoms with E-state index in [2.05, 4.69) is 38.3 Å². The lowest BCUT2D eigenvalue weighted by atomic mass is 9.63. The van der Waals surface area contributed by atoms with E-state index in [1.165, 1.54) is 30.6 Å². The first kappa shape index (κ1) is 14.1. The van der Waals surface area contributed by atoms with E-state index in [1.54, 1.807) is 0 Å². The highest BCUT2D eigenvalue weighted by Gasteiger charge is 2.38. The van der Waals surface area contributed by atoms with Crippen LogP contribution in [-0.4, -0.2) is 11.7 Å². The summed E-state index contributed by atoms with van der Waals surface area (Å²) in [5, 5.41) is 12.0. The quantitative estimate of drug-likeness (QED) is 0.853. The number of rotatable bonds is 3. The minimum absolute atomic E-state index is 0.159. The average molecular weight is 266 g/mol. The Morgan fingerprint density at radius 1 is 1.33 bits per heavy atom. The van der Waals surface area contributed by atoms with Gasteiger partial charge in [0.2, 0.25) is 0 Å². The Morgan fingerprint density at radius 2 is 2.00 bits per heavy atom. The third kappa shape index (κ3) is 3.16. The molecule has 18 heavy (non-hydrogen) atoms. The Labute approximate surface area is 115 Å². The van der Waals surface area contributed by atoms with E-state index in [0.29, 0.717) is 12.0 Å². The smallest absolute Gasteiger partial charge is 0.0490 e. The van der Waals surface area contributed by atoms with Gasteiger partial charge >= 0.3 is 0 Å². The van der Waals surface area contributed by atoms with Gasteiger partial charge in [-0.25, -0.2) is 0 Å². The van der Waals surface area contributed by atoms with Crippen LogP contribution in [0.4, 0.5) is 0 Å². The summed E-state index contributed by atoms with van der Waals surface area (Å²) in [5.74, 6) is 0.820. The molecule has 1 fully saturated rings. The van der Waals surface area contributed by atoms with Crippen LogP contribution < -0.4 is 0 Å². The van der Waals surface area contributed by atoms with Crippen molar-refractivity contribution in [1.29, 1.82) is 0 Å². The lowest BCUT2D eigenvalue weighted by molar-refractivity contribution is 0.0375. The molecule has 0 spiro atoms. The van der Waals surface area contributed by atoms with Gasteiger partial charge in [-0.2, -0.15) is 0 Å². The molecule has 1 saturated carbocycles. The van der Waals surface area contributed by atoms with Crippen molar-refractivity contribution >= 4 is 11.3 Å². The van der Waals surface area contributed by atoms with Gasteiger partial charge < -0.3 is 5.11 Å². The second-order valence-electron chi connectivity index (χ2n) is 7.05. The Bertz CT molecular complexity index is 353. The van der Waals surface area contributed by atoms with Crippen LogP contribution in [-0.2, 0) is 6.42 Å². The summed E-state index contributed by atoms with van der Waals surface area (Å²) in [6.07, 6.45) is 5.98. The Morgan fingerprint density at radius 3 is 2.44 bits per heavy atom. The molecule has 0 bridgehead atoms. The summed E-state index contributed by atoms with van der Waals surface area (Å²) in [6, 6.07) is 4.32. The third-order valence-corrected chi connectivity index (χ3v) is 5.61. The molecule has 1 nitrogen and oxygen atoms in total. The third-order valence-electron chi connectivity index (χ3n) is 4.74. The van der Waals surface area contributed by atoms with Crippen molar-refractivity contribution in [2.75, 3.05) is 6.61 Å². The Hall–Kier alpha value is -0.340. The summed E-state index contributed by atoms with van der Waals surface area (Å²) in [5.41, 5.74) is 0.581. The highest BCUT2D eigenvalue weighted by atomic mass is 32.1. The molecule has 1 aliphatic carbocycles. The van der Waals surface area contributed by atoms with Crippen LogP contribution in [0.3, 0.4) is 0 Å². The molecule has 102 valence electrons. The van der Waals surface area contributed by atoms with Crippen LogP contribution in [0.25, 0.3) is 0 Å². The van der Waals surface area contributed by atoms with E-state index in [9.17, 15) is 5.11 Å². The van der Waals surface area contributed by atoms with Crippen molar-refractivity contribution in [2.24, 2.45) is 16.7 Å². The fourth-order valence-corrected chi connectivity index (χ4v) is 4.15. The van der Waals surface area contributed by atoms with Crippen LogP contribution in [0, 0.1) is 16.7 Å². The summed E-state index contributed by atoms with van der Waals surface area (Å²) >= 11 is 1.83. The van der Waals surface area contributed by atoms with Gasteiger partial charge in [0.25, 0.3) is 0 Å². The van der Waals surface area contributed by atoms with Crippen molar-refractivity contribution in [3.05, 3.63) is 22.4 Å². The van der Waals surface area contributed by atoms with Gasteiger partial charge in [0.1, 0.15) is 0 Å². The molecule has 1 heterocycles. The second kappa shape index (κ2) is 5.34. The van der Waals surface area contributed by atoms with Crippen molar-refractivity contribution in [2.45, 2.75) is 52.9 Å². The van der Waals surface area contributed by atoms with E-state index in [1.807, 2.05) is 11.3 Å². The first-order valence-electron chi connectivity index (χ1n) is 7.08. The van der Waals surface area contributed by atoms with Crippen molar-refractivity contribution in [3.63, 3.8) is 0 Å². The fraction of sp³-hybridized carbons (Fsp3) is 0.750. The second-order valence-corrected chi connectivity index (χ2v) is 8.09. The molecular weight excluding hydrogens is 240 g/mol. The molecule has 2 heteroatoms. The van der Waals surface area contributed by atoms with Gasteiger partial charge in [0.05, 0.1) is 0 Å². The van der Waals surface area contributed by atoms with Crippen LogP contribution in [0.15, 0.2) is 17.5 Å². The fourth-order valence-electron chi connectivity index (χ4n) is 3.27. The maximum absolute atomic E-state index is 9.83. The minimum atomic E-state index is 0.159. The molecule has 0 unspecified atom stereocenters. The molecule has 2 rings (SSSR count). The first-order valence-corrected chi connectivity index (χ1v) is 7.96. The standard InChI is InChI=1S/C16H26OS/c1-15(2,3)13-6-8-16(12-17,9-7-13)11-14-5-4-10-18-14/h4-5,10,13,17H,6-9,11-12H2,1-3H3. The SMILES string of the molecule is CC(C)(C)C1CCC(CO)(Cc2cccs2)CC1. The summed E-state index contributed by atoms with van der Waals surface area (Å²) < 4.78 is 0. The van der Waals surface area contributed by atoms with Gasteiger partial charge in [-0.05, 0) is 60.3 Å². The van der Waals surface area contributed by atoms with Crippen LogP contribution in [0.1, 0.15) is 51.3 Å². The van der Waals surface area contributed by atoms with Gasteiger partial charge in [-0.15, -0.1) is 11.3 Å². The zero-order valence-electron chi connectivity index (χ0n) is 11.9. The predicted octanol–water partition coefficient (Wildman–Crippen LogP) is 4.51. The molecule has 0 aliphatic heterocycles. The molecule has 1 aromatic rings. The maximum Gasteiger partial charge on any atom is 0.0490 e. The largest absolute Gasteiger partial charge is 0.396 e. The molecule has 0 amide bonds. The Balaban J connectivity index is 2.00. The van der Waals surface area contributed by atoms with Crippen molar-refractivity contribution in [3.8, 4) is 0 Å². The topological polar surface area (TPSA) is 20.2 Å². The maximum atomic E-state index is 9.83. The number of aliphatic hydroxyl groups is 1. The van der Waals surface area contributed by atoms with E-state index < -0.39 is 0 Å². The van der Waals surface area contributed by atoms with Crippen LogP contribution >= 0.6 is 11.3 Å². The minimum Gasteiger partial charge on any atom is -0.396 e. The highest BCUT2D eigenvalue weighted by Crippen LogP contribution is 2.46. The highest BCUT2D eigenvalue weighted by molar-refractivity contribution is 7.09. The van der Waals surface area contributed by atoms with E-state index >= 15 is 0 Å². The van der Waals surface area contributed by atoms with E-state index in [0.717, 1.165) is 12.3 Å². The van der Waals surface area contributed by atoms with Crippen molar-refractivity contribution in [1.82, 2.24) is 0 Å². The number of hydrogen-bond donors (Lipinski definition) is 1. The van der Waals surface area contributed by atoms with Gasteiger partial charge in [0.15, 0.2) is 0 Å². The number of hydrogen-bond acceptors (Lipinski definition) is 2. The van der Waals surface area contributed by atoms with Crippen molar-refractivity contribution < 1.29 is 5.11 Å². The van der Waals surface area contributed by atoms with Crippen LogP contribution in [0.2, 0.25) is 0 Å². The van der Waals surface area contributed by atoms with Gasteiger partial charge in [-0.1, -0.05) is 26.8 Å². The average Bonchev–Trinajstić information content (AvgIpc) is 2.81.